The predicted octanol–water partition coefficient (Wildman–Crippen LogP) is 11.5. The predicted molar refractivity (Wildman–Crippen MR) is 194 cm³/mol. The molecule has 0 bridgehead atoms. The van der Waals surface area contributed by atoms with Gasteiger partial charge in [-0.25, -0.2) is 4.57 Å². The Hall–Kier alpha value is -4.63. The van der Waals surface area contributed by atoms with Gasteiger partial charge in [-0.05, 0) is 82.8 Å². The third-order valence-corrected chi connectivity index (χ3v) is 9.69. The summed E-state index contributed by atoms with van der Waals surface area (Å²) in [6.07, 6.45) is 0. The molecule has 2 heterocycles. The second-order valence-corrected chi connectivity index (χ2v) is 14.6. The first kappa shape index (κ1) is 30.0. The van der Waals surface area contributed by atoms with Crippen LogP contribution in [0.5, 0.6) is 0 Å². The van der Waals surface area contributed by atoms with Crippen LogP contribution in [0, 0.1) is 6.92 Å². The fourth-order valence-electron chi connectivity index (χ4n) is 7.12. The molecule has 0 fully saturated rings. The molecule has 7 aromatic rings. The number of rotatable bonds is 5. The van der Waals surface area contributed by atoms with Gasteiger partial charge in [0.15, 0.2) is 16.6 Å². The molecule has 0 N–H and O–H groups in total. The number of furan rings is 1. The van der Waals surface area contributed by atoms with Gasteiger partial charge in [-0.15, -0.1) is 0 Å². The summed E-state index contributed by atoms with van der Waals surface area (Å²) in [5.74, 6) is 1.76. The number of aromatic nitrogens is 2. The zero-order chi connectivity index (χ0) is 32.5. The first-order valence-electron chi connectivity index (χ1n) is 16.7. The van der Waals surface area contributed by atoms with Gasteiger partial charge < -0.3 is 4.42 Å². The van der Waals surface area contributed by atoms with Gasteiger partial charge in [0.2, 0.25) is 0 Å². The highest BCUT2D eigenvalue weighted by molar-refractivity contribution is 6.10. The minimum atomic E-state index is 0.0522. The van der Waals surface area contributed by atoms with Crippen LogP contribution < -0.4 is 4.57 Å². The SMILES string of the molecule is Cc1ccc2c(oc3ccc(C(C)(C)C)cc32)c1-c1n(-c2c(C(C)C)cc(-c3ccccc3)cc2C(C)C)c2ccccc2[n+]1C. The standard InChI is InChI=1S/C43H45N2O/c1-26(2)33-23-30(29-15-11-10-12-16-29)24-34(27(3)4)40(33)45-37-18-14-13-17-36(37)44(9)42(45)39-28(5)19-21-32-35-25-31(43(6,7)8)20-22-38(35)46-41(32)39/h10-27H,1-9H3/q+1. The van der Waals surface area contributed by atoms with E-state index in [0.717, 1.165) is 27.9 Å². The van der Waals surface area contributed by atoms with Crippen molar-refractivity contribution >= 4 is 33.0 Å². The Morgan fingerprint density at radius 3 is 2.00 bits per heavy atom. The summed E-state index contributed by atoms with van der Waals surface area (Å²) >= 11 is 0. The summed E-state index contributed by atoms with van der Waals surface area (Å²) in [6, 6.07) is 35.6. The van der Waals surface area contributed by atoms with Crippen LogP contribution in [0.3, 0.4) is 0 Å². The van der Waals surface area contributed by atoms with Gasteiger partial charge in [-0.3, -0.25) is 0 Å². The van der Waals surface area contributed by atoms with E-state index in [4.69, 9.17) is 4.42 Å². The number of imidazole rings is 1. The summed E-state index contributed by atoms with van der Waals surface area (Å²) in [4.78, 5) is 0. The van der Waals surface area contributed by atoms with Crippen molar-refractivity contribution < 1.29 is 8.98 Å². The van der Waals surface area contributed by atoms with E-state index < -0.39 is 0 Å². The minimum absolute atomic E-state index is 0.0522. The lowest BCUT2D eigenvalue weighted by Gasteiger charge is -2.21. The Balaban J connectivity index is 1.62. The fourth-order valence-corrected chi connectivity index (χ4v) is 7.12. The average molecular weight is 606 g/mol. The molecule has 5 aromatic carbocycles. The van der Waals surface area contributed by atoms with Crippen LogP contribution in [0.2, 0.25) is 0 Å². The molecule has 0 amide bonds. The number of aryl methyl sites for hydroxylation is 2. The molecule has 0 atom stereocenters. The van der Waals surface area contributed by atoms with Crippen molar-refractivity contribution in [2.24, 2.45) is 7.05 Å². The largest absolute Gasteiger partial charge is 0.455 e. The van der Waals surface area contributed by atoms with Crippen molar-refractivity contribution in [3.63, 3.8) is 0 Å². The fraction of sp³-hybridized carbons (Fsp3) is 0.279. The Morgan fingerprint density at radius 1 is 0.696 bits per heavy atom. The van der Waals surface area contributed by atoms with E-state index in [-0.39, 0.29) is 5.41 Å². The molecule has 0 aliphatic heterocycles. The molecule has 0 aliphatic carbocycles. The molecular weight excluding hydrogens is 560 g/mol. The minimum Gasteiger partial charge on any atom is -0.455 e. The molecule has 0 saturated heterocycles. The van der Waals surface area contributed by atoms with Crippen LogP contribution >= 0.6 is 0 Å². The van der Waals surface area contributed by atoms with Crippen molar-refractivity contribution in [2.45, 2.75) is 72.6 Å². The third-order valence-electron chi connectivity index (χ3n) is 9.69. The van der Waals surface area contributed by atoms with Crippen LogP contribution in [0.1, 0.15) is 82.6 Å². The van der Waals surface area contributed by atoms with Gasteiger partial charge in [0.25, 0.3) is 5.82 Å². The van der Waals surface area contributed by atoms with Gasteiger partial charge in [0, 0.05) is 21.9 Å². The van der Waals surface area contributed by atoms with E-state index in [1.165, 1.54) is 55.5 Å². The van der Waals surface area contributed by atoms with Crippen LogP contribution in [0.15, 0.2) is 101 Å². The van der Waals surface area contributed by atoms with E-state index in [1.807, 2.05) is 0 Å². The van der Waals surface area contributed by atoms with Crippen molar-refractivity contribution in [1.29, 1.82) is 0 Å². The molecule has 2 aromatic heterocycles. The topological polar surface area (TPSA) is 21.9 Å². The van der Waals surface area contributed by atoms with E-state index >= 15 is 0 Å². The maximum Gasteiger partial charge on any atom is 0.299 e. The first-order chi connectivity index (χ1) is 22.0. The summed E-state index contributed by atoms with van der Waals surface area (Å²) in [5.41, 5.74) is 14.4. The number of hydrogen-bond acceptors (Lipinski definition) is 1. The Bertz CT molecular complexity index is 2230. The van der Waals surface area contributed by atoms with Crippen molar-refractivity contribution in [3.8, 4) is 28.2 Å². The molecule has 0 radical (unpaired) electrons. The lowest BCUT2D eigenvalue weighted by Crippen LogP contribution is -2.30. The van der Waals surface area contributed by atoms with Gasteiger partial charge >= 0.3 is 0 Å². The molecule has 3 heteroatoms. The molecule has 0 aliphatic rings. The van der Waals surface area contributed by atoms with Crippen molar-refractivity contribution in [2.75, 3.05) is 0 Å². The zero-order valence-electron chi connectivity index (χ0n) is 28.7. The Labute approximate surface area is 273 Å². The van der Waals surface area contributed by atoms with Crippen molar-refractivity contribution in [1.82, 2.24) is 4.57 Å². The quantitative estimate of drug-likeness (QED) is 0.179. The highest BCUT2D eigenvalue weighted by Crippen LogP contribution is 2.43. The van der Waals surface area contributed by atoms with E-state index in [9.17, 15) is 0 Å². The van der Waals surface area contributed by atoms with Gasteiger partial charge in [-0.1, -0.05) is 109 Å². The first-order valence-corrected chi connectivity index (χ1v) is 16.7. The molecule has 46 heavy (non-hydrogen) atoms. The highest BCUT2D eigenvalue weighted by atomic mass is 16.3. The third kappa shape index (κ3) is 4.76. The molecule has 0 saturated carbocycles. The van der Waals surface area contributed by atoms with Gasteiger partial charge in [0.05, 0.1) is 7.05 Å². The second-order valence-electron chi connectivity index (χ2n) is 14.6. The van der Waals surface area contributed by atoms with Crippen LogP contribution in [-0.2, 0) is 12.5 Å². The molecule has 0 unspecified atom stereocenters. The van der Waals surface area contributed by atoms with Crippen molar-refractivity contribution in [3.05, 3.63) is 119 Å². The molecule has 232 valence electrons. The normalized spacial score (nSPS) is 12.4. The monoisotopic (exact) mass is 605 g/mol. The molecular formula is C43H45N2O+. The van der Waals surface area contributed by atoms with Gasteiger partial charge in [0.1, 0.15) is 16.8 Å². The maximum absolute atomic E-state index is 6.83. The number of para-hydroxylation sites is 2. The van der Waals surface area contributed by atoms with E-state index in [2.05, 4.69) is 169 Å². The lowest BCUT2D eigenvalue weighted by molar-refractivity contribution is -0.633. The number of nitrogens with zero attached hydrogens (tertiary/aromatic N) is 2. The molecule has 7 rings (SSSR count). The zero-order valence-corrected chi connectivity index (χ0v) is 28.7. The molecule has 3 nitrogen and oxygen atoms in total. The van der Waals surface area contributed by atoms with Gasteiger partial charge in [-0.2, -0.15) is 4.57 Å². The number of hydrogen-bond donors (Lipinski definition) is 0. The van der Waals surface area contributed by atoms with Crippen LogP contribution in [-0.4, -0.2) is 4.57 Å². The van der Waals surface area contributed by atoms with Crippen LogP contribution in [0.4, 0.5) is 0 Å². The summed E-state index contributed by atoms with van der Waals surface area (Å²) < 4.78 is 11.7. The number of fused-ring (bicyclic) bond motifs is 4. The maximum atomic E-state index is 6.83. The van der Waals surface area contributed by atoms with Crippen LogP contribution in [0.25, 0.3) is 61.2 Å². The van der Waals surface area contributed by atoms with E-state index in [0.29, 0.717) is 11.8 Å². The smallest absolute Gasteiger partial charge is 0.299 e. The second kappa shape index (κ2) is 11.0. The average Bonchev–Trinajstić information content (AvgIpc) is 3.54. The summed E-state index contributed by atoms with van der Waals surface area (Å²) in [5, 5.41) is 2.33. The summed E-state index contributed by atoms with van der Waals surface area (Å²) in [6.45, 7) is 18.3. The highest BCUT2D eigenvalue weighted by Gasteiger charge is 2.34. The molecule has 0 spiro atoms. The summed E-state index contributed by atoms with van der Waals surface area (Å²) in [7, 11) is 2.20. The lowest BCUT2D eigenvalue weighted by atomic mass is 9.86. The van der Waals surface area contributed by atoms with E-state index in [1.54, 1.807) is 0 Å². The Kier molecular flexibility index (Phi) is 7.20. The Morgan fingerprint density at radius 2 is 1.35 bits per heavy atom. The number of benzene rings is 5.